The third-order valence-electron chi connectivity index (χ3n) is 4.44. The van der Waals surface area contributed by atoms with Gasteiger partial charge in [-0.15, -0.1) is 11.3 Å². The second kappa shape index (κ2) is 5.97. The number of aliphatic hydroxyl groups excluding tert-OH is 1. The smallest absolute Gasteiger partial charge is 0.263 e. The minimum Gasteiger partial charge on any atom is -0.390 e. The molecule has 1 aliphatic rings. The molecule has 124 valence electrons. The number of fused-ring (bicyclic) bond motifs is 1. The van der Waals surface area contributed by atoms with Crippen LogP contribution in [0.25, 0.3) is 21.3 Å². The van der Waals surface area contributed by atoms with Gasteiger partial charge in [0.25, 0.3) is 5.56 Å². The summed E-state index contributed by atoms with van der Waals surface area (Å²) in [6.45, 7) is 3.03. The molecular formula is C17H16ClN3O2S. The summed E-state index contributed by atoms with van der Waals surface area (Å²) in [5, 5.41) is 14.4. The van der Waals surface area contributed by atoms with E-state index in [9.17, 15) is 9.90 Å². The van der Waals surface area contributed by atoms with Crippen molar-refractivity contribution in [2.45, 2.75) is 19.1 Å². The van der Waals surface area contributed by atoms with Crippen LogP contribution in [-0.4, -0.2) is 33.9 Å². The number of rotatable bonds is 2. The summed E-state index contributed by atoms with van der Waals surface area (Å²) in [4.78, 5) is 19.3. The summed E-state index contributed by atoms with van der Waals surface area (Å²) < 4.78 is 1.55. The normalized spacial score (nSPS) is 20.8. The van der Waals surface area contributed by atoms with E-state index in [1.54, 1.807) is 10.9 Å². The van der Waals surface area contributed by atoms with Crippen LogP contribution in [0.15, 0.2) is 35.4 Å². The summed E-state index contributed by atoms with van der Waals surface area (Å²) in [7, 11) is 0. The fourth-order valence-electron chi connectivity index (χ4n) is 3.28. The van der Waals surface area contributed by atoms with Crippen molar-refractivity contribution >= 4 is 33.2 Å². The molecule has 2 N–H and O–H groups in total. The van der Waals surface area contributed by atoms with Crippen LogP contribution >= 0.6 is 22.9 Å². The van der Waals surface area contributed by atoms with Crippen molar-refractivity contribution in [3.63, 3.8) is 0 Å². The van der Waals surface area contributed by atoms with E-state index in [2.05, 4.69) is 10.3 Å². The molecule has 3 aromatic rings. The molecule has 3 heterocycles. The first-order valence-electron chi connectivity index (χ1n) is 7.71. The van der Waals surface area contributed by atoms with Gasteiger partial charge in [-0.05, 0) is 24.6 Å². The molecule has 0 spiro atoms. The van der Waals surface area contributed by atoms with Crippen molar-refractivity contribution in [2.24, 2.45) is 0 Å². The second-order valence-electron chi connectivity index (χ2n) is 5.97. The number of nitrogens with zero attached hydrogens (tertiary/aromatic N) is 2. The zero-order chi connectivity index (χ0) is 16.8. The Hall–Kier alpha value is -1.73. The van der Waals surface area contributed by atoms with Gasteiger partial charge >= 0.3 is 0 Å². The zero-order valence-electron chi connectivity index (χ0n) is 13.0. The van der Waals surface area contributed by atoms with E-state index in [1.165, 1.54) is 11.3 Å². The van der Waals surface area contributed by atoms with Crippen molar-refractivity contribution < 1.29 is 5.11 Å². The highest BCUT2D eigenvalue weighted by Gasteiger charge is 2.28. The summed E-state index contributed by atoms with van der Waals surface area (Å²) in [5.41, 5.74) is 1.67. The van der Waals surface area contributed by atoms with Gasteiger partial charge in [0.05, 0.1) is 23.9 Å². The van der Waals surface area contributed by atoms with Crippen molar-refractivity contribution in [1.82, 2.24) is 14.9 Å². The van der Waals surface area contributed by atoms with Crippen LogP contribution in [0.4, 0.5) is 0 Å². The minimum atomic E-state index is -0.587. The number of β-amino-alcohol motifs (C(OH)–C–C–N with tert-alkyl or cyclic N) is 1. The molecule has 1 aromatic carbocycles. The van der Waals surface area contributed by atoms with Crippen LogP contribution in [0.3, 0.4) is 0 Å². The SMILES string of the molecule is Cc1sc2ncn([C@@H]3CNC[C@H]3O)c(=O)c2c1-c1cccc(Cl)c1. The third-order valence-corrected chi connectivity index (χ3v) is 5.68. The predicted octanol–water partition coefficient (Wildman–Crippen LogP) is 2.59. The van der Waals surface area contributed by atoms with E-state index in [0.717, 1.165) is 16.0 Å². The molecule has 7 heteroatoms. The largest absolute Gasteiger partial charge is 0.390 e. The third kappa shape index (κ3) is 2.46. The Kier molecular flexibility index (Phi) is 3.92. The topological polar surface area (TPSA) is 67.2 Å². The molecule has 1 saturated heterocycles. The van der Waals surface area contributed by atoms with E-state index < -0.39 is 6.10 Å². The lowest BCUT2D eigenvalue weighted by Crippen LogP contribution is -2.31. The molecule has 5 nitrogen and oxygen atoms in total. The number of halogens is 1. The Morgan fingerprint density at radius 2 is 2.25 bits per heavy atom. The molecular weight excluding hydrogens is 346 g/mol. The van der Waals surface area contributed by atoms with Crippen molar-refractivity contribution in [1.29, 1.82) is 0 Å². The molecule has 4 rings (SSSR count). The van der Waals surface area contributed by atoms with Gasteiger partial charge in [-0.25, -0.2) is 4.98 Å². The zero-order valence-corrected chi connectivity index (χ0v) is 14.6. The first-order valence-corrected chi connectivity index (χ1v) is 8.90. The van der Waals surface area contributed by atoms with Crippen molar-refractivity contribution in [2.75, 3.05) is 13.1 Å². The minimum absolute atomic E-state index is 0.118. The molecule has 2 atom stereocenters. The Balaban J connectivity index is 1.98. The lowest BCUT2D eigenvalue weighted by atomic mass is 10.0. The maximum Gasteiger partial charge on any atom is 0.263 e. The van der Waals surface area contributed by atoms with Gasteiger partial charge in [-0.3, -0.25) is 9.36 Å². The maximum atomic E-state index is 13.1. The van der Waals surface area contributed by atoms with Gasteiger partial charge < -0.3 is 10.4 Å². The van der Waals surface area contributed by atoms with E-state index >= 15 is 0 Å². The van der Waals surface area contributed by atoms with Crippen LogP contribution in [-0.2, 0) is 0 Å². The standard InChI is InChI=1S/C17H16ClN3O2S/c1-9-14(10-3-2-4-11(18)5-10)15-16(24-9)20-8-21(17(15)23)12-6-19-7-13(12)22/h2-5,8,12-13,19,22H,6-7H2,1H3/t12-,13-/m1/s1. The van der Waals surface area contributed by atoms with Gasteiger partial charge in [0.15, 0.2) is 0 Å². The first-order chi connectivity index (χ1) is 11.6. The highest BCUT2D eigenvalue weighted by Crippen LogP contribution is 2.36. The Morgan fingerprint density at radius 1 is 1.42 bits per heavy atom. The molecule has 0 amide bonds. The number of nitrogens with one attached hydrogen (secondary N) is 1. The van der Waals surface area contributed by atoms with Crippen molar-refractivity contribution in [3.05, 3.63) is 50.8 Å². The van der Waals surface area contributed by atoms with E-state index in [1.807, 2.05) is 31.2 Å². The first kappa shape index (κ1) is 15.8. The molecule has 24 heavy (non-hydrogen) atoms. The van der Waals surface area contributed by atoms with Crippen molar-refractivity contribution in [3.8, 4) is 11.1 Å². The fraction of sp³-hybridized carbons (Fsp3) is 0.294. The van der Waals surface area contributed by atoms with Gasteiger partial charge in [-0.2, -0.15) is 0 Å². The number of benzene rings is 1. The average molecular weight is 362 g/mol. The van der Waals surface area contributed by atoms with Crippen LogP contribution in [0, 0.1) is 6.92 Å². The van der Waals surface area contributed by atoms with Gasteiger partial charge in [0, 0.05) is 28.6 Å². The highest BCUT2D eigenvalue weighted by atomic mass is 35.5. The van der Waals surface area contributed by atoms with E-state index in [4.69, 9.17) is 11.6 Å². The highest BCUT2D eigenvalue weighted by molar-refractivity contribution is 7.19. The monoisotopic (exact) mass is 361 g/mol. The van der Waals surface area contributed by atoms with Gasteiger partial charge in [-0.1, -0.05) is 23.7 Å². The van der Waals surface area contributed by atoms with Crippen LogP contribution in [0.1, 0.15) is 10.9 Å². The average Bonchev–Trinajstić information content (AvgIpc) is 3.11. The number of aliphatic hydroxyl groups is 1. The number of aryl methyl sites for hydroxylation is 1. The number of hydrogen-bond donors (Lipinski definition) is 2. The summed E-state index contributed by atoms with van der Waals surface area (Å²) in [6, 6.07) is 7.20. The summed E-state index contributed by atoms with van der Waals surface area (Å²) in [6.07, 6.45) is 0.958. The molecule has 2 aromatic heterocycles. The quantitative estimate of drug-likeness (QED) is 0.736. The molecule has 1 fully saturated rings. The Bertz CT molecular complexity index is 982. The van der Waals surface area contributed by atoms with E-state index in [0.29, 0.717) is 28.3 Å². The number of aromatic nitrogens is 2. The fourth-order valence-corrected chi connectivity index (χ4v) is 4.47. The van der Waals surface area contributed by atoms with Gasteiger partial charge in [0.1, 0.15) is 4.83 Å². The summed E-state index contributed by atoms with van der Waals surface area (Å²) >= 11 is 7.62. The molecule has 0 aliphatic carbocycles. The lowest BCUT2D eigenvalue weighted by molar-refractivity contribution is 0.149. The number of hydrogen-bond acceptors (Lipinski definition) is 5. The Labute approximate surface area is 147 Å². The molecule has 0 bridgehead atoms. The number of thiophene rings is 1. The second-order valence-corrected chi connectivity index (χ2v) is 7.61. The van der Waals surface area contributed by atoms with Crippen LogP contribution in [0.2, 0.25) is 5.02 Å². The molecule has 0 radical (unpaired) electrons. The molecule has 0 saturated carbocycles. The lowest BCUT2D eigenvalue weighted by Gasteiger charge is -2.16. The Morgan fingerprint density at radius 3 is 2.96 bits per heavy atom. The van der Waals surface area contributed by atoms with Gasteiger partial charge in [0.2, 0.25) is 0 Å². The van der Waals surface area contributed by atoms with Crippen LogP contribution < -0.4 is 10.9 Å². The molecule has 1 aliphatic heterocycles. The maximum absolute atomic E-state index is 13.1. The molecule has 0 unspecified atom stereocenters. The van der Waals surface area contributed by atoms with Crippen LogP contribution in [0.5, 0.6) is 0 Å². The predicted molar refractivity (Wildman–Crippen MR) is 97.0 cm³/mol. The van der Waals surface area contributed by atoms with E-state index in [-0.39, 0.29) is 11.6 Å². The summed E-state index contributed by atoms with van der Waals surface area (Å²) in [5.74, 6) is 0.